The van der Waals surface area contributed by atoms with Crippen molar-refractivity contribution in [3.05, 3.63) is 54.6 Å². The van der Waals surface area contributed by atoms with E-state index < -0.39 is 18.7 Å². The second kappa shape index (κ2) is 11.3. The van der Waals surface area contributed by atoms with Gasteiger partial charge < -0.3 is 29.6 Å². The third-order valence-electron chi connectivity index (χ3n) is 6.13. The number of amides is 1. The van der Waals surface area contributed by atoms with Gasteiger partial charge in [-0.05, 0) is 31.2 Å². The molecule has 2 N–H and O–H groups in total. The number of hydrogen-bond acceptors (Lipinski definition) is 9. The zero-order valence-electron chi connectivity index (χ0n) is 21.5. The molecule has 0 aliphatic carbocycles. The highest BCUT2D eigenvalue weighted by molar-refractivity contribution is 6.04. The highest BCUT2D eigenvalue weighted by Crippen LogP contribution is 2.36. The minimum absolute atomic E-state index is 0.0989. The van der Waals surface area contributed by atoms with Gasteiger partial charge in [0.05, 0.1) is 43.9 Å². The van der Waals surface area contributed by atoms with E-state index in [0.29, 0.717) is 34.7 Å². The molecule has 1 amide bonds. The lowest BCUT2D eigenvalue weighted by Gasteiger charge is -2.12. The molecule has 4 heterocycles. The molecule has 0 spiro atoms. The molecule has 0 saturated carbocycles. The summed E-state index contributed by atoms with van der Waals surface area (Å²) in [7, 11) is 3.06. The number of aromatic nitrogens is 4. The minimum Gasteiger partial charge on any atom is -0.493 e. The van der Waals surface area contributed by atoms with Crippen LogP contribution in [-0.4, -0.2) is 65.7 Å². The van der Waals surface area contributed by atoms with Gasteiger partial charge in [0.1, 0.15) is 5.75 Å². The molecular weight excluding hydrogens is 533 g/mol. The van der Waals surface area contributed by atoms with Gasteiger partial charge in [0, 0.05) is 30.3 Å². The molecule has 14 heteroatoms. The summed E-state index contributed by atoms with van der Waals surface area (Å²) in [6.45, 7) is -0.223. The van der Waals surface area contributed by atoms with Crippen molar-refractivity contribution in [2.45, 2.75) is 18.6 Å². The predicted molar refractivity (Wildman–Crippen MR) is 137 cm³/mol. The Balaban J connectivity index is 1.32. The number of methoxy groups -OCH3 is 2. The Morgan fingerprint density at radius 3 is 2.58 bits per heavy atom. The van der Waals surface area contributed by atoms with Crippen LogP contribution in [0.5, 0.6) is 28.9 Å². The Morgan fingerprint density at radius 2 is 1.90 bits per heavy atom. The first-order valence-electron chi connectivity index (χ1n) is 12.2. The summed E-state index contributed by atoms with van der Waals surface area (Å²) in [5.74, 6) is 0.726. The summed E-state index contributed by atoms with van der Waals surface area (Å²) in [6.07, 6.45) is 0.407. The molecule has 11 nitrogen and oxygen atoms in total. The number of hydrogen-bond donors (Lipinski definition) is 2. The van der Waals surface area contributed by atoms with Crippen LogP contribution >= 0.6 is 0 Å². The van der Waals surface area contributed by atoms with Crippen LogP contribution in [0.15, 0.2) is 48.9 Å². The molecule has 1 aliphatic rings. The second-order valence-corrected chi connectivity index (χ2v) is 8.85. The average molecular weight is 559 g/mol. The van der Waals surface area contributed by atoms with E-state index in [0.717, 1.165) is 13.0 Å². The maximum Gasteiger partial charge on any atom is 0.422 e. The van der Waals surface area contributed by atoms with E-state index in [1.54, 1.807) is 30.5 Å². The molecule has 0 bridgehead atoms. The Kier molecular flexibility index (Phi) is 7.60. The first kappa shape index (κ1) is 27.0. The number of halogens is 3. The molecule has 3 aromatic heterocycles. The fourth-order valence-corrected chi connectivity index (χ4v) is 4.20. The van der Waals surface area contributed by atoms with Crippen molar-refractivity contribution in [3.8, 4) is 28.9 Å². The van der Waals surface area contributed by atoms with E-state index in [9.17, 15) is 18.0 Å². The largest absolute Gasteiger partial charge is 0.493 e. The van der Waals surface area contributed by atoms with Gasteiger partial charge in [0.25, 0.3) is 5.91 Å². The van der Waals surface area contributed by atoms with Gasteiger partial charge >= 0.3 is 6.18 Å². The summed E-state index contributed by atoms with van der Waals surface area (Å²) in [6, 6.07) is 8.12. The molecule has 5 rings (SSSR count). The topological polar surface area (TPSA) is 122 Å². The van der Waals surface area contributed by atoms with Crippen molar-refractivity contribution in [1.29, 1.82) is 0 Å². The van der Waals surface area contributed by atoms with Gasteiger partial charge in [0.15, 0.2) is 29.5 Å². The zero-order valence-corrected chi connectivity index (χ0v) is 21.5. The van der Waals surface area contributed by atoms with Crippen LogP contribution in [0.2, 0.25) is 0 Å². The number of carbonyl (C=O) groups is 1. The zero-order chi connectivity index (χ0) is 28.3. The summed E-state index contributed by atoms with van der Waals surface area (Å²) < 4.78 is 61.3. The van der Waals surface area contributed by atoms with Crippen LogP contribution in [0, 0.1) is 0 Å². The van der Waals surface area contributed by atoms with Crippen molar-refractivity contribution in [2.75, 3.05) is 39.2 Å². The van der Waals surface area contributed by atoms with Gasteiger partial charge in [-0.15, -0.1) is 0 Å². The highest BCUT2D eigenvalue weighted by atomic mass is 19.4. The Hall–Kier alpha value is -4.59. The molecule has 1 saturated heterocycles. The number of nitrogens with one attached hydrogen (secondary N) is 2. The van der Waals surface area contributed by atoms with Gasteiger partial charge in [0.2, 0.25) is 5.88 Å². The van der Waals surface area contributed by atoms with Crippen LogP contribution in [0.1, 0.15) is 23.0 Å². The monoisotopic (exact) mass is 558 g/mol. The Morgan fingerprint density at radius 1 is 1.10 bits per heavy atom. The summed E-state index contributed by atoms with van der Waals surface area (Å²) in [5, 5.41) is 10.6. The number of ether oxygens (including phenoxy) is 4. The molecule has 210 valence electrons. The van der Waals surface area contributed by atoms with E-state index >= 15 is 0 Å². The van der Waals surface area contributed by atoms with Crippen LogP contribution in [0.4, 0.5) is 18.9 Å². The normalized spacial score (nSPS) is 15.2. The SMILES string of the molecule is COc1cc2nccc(Oc3ccc(NC(=O)c4nn(C5CCNC5)cc4OCC(F)(F)F)cn3)c2cc1OC. The van der Waals surface area contributed by atoms with Crippen LogP contribution in [0.25, 0.3) is 10.9 Å². The highest BCUT2D eigenvalue weighted by Gasteiger charge is 2.31. The third-order valence-corrected chi connectivity index (χ3v) is 6.13. The van der Waals surface area contributed by atoms with Crippen LogP contribution < -0.4 is 29.6 Å². The van der Waals surface area contributed by atoms with E-state index in [-0.39, 0.29) is 29.1 Å². The number of alkyl halides is 3. The fourth-order valence-electron chi connectivity index (χ4n) is 4.20. The smallest absolute Gasteiger partial charge is 0.422 e. The molecule has 1 aliphatic heterocycles. The maximum absolute atomic E-state index is 13.0. The van der Waals surface area contributed by atoms with Gasteiger partial charge in [-0.3, -0.25) is 14.5 Å². The third kappa shape index (κ3) is 6.01. The molecule has 0 radical (unpaired) electrons. The number of anilines is 1. The molecular formula is C26H25F3N6O5. The Bertz CT molecular complexity index is 1500. The maximum atomic E-state index is 13.0. The van der Waals surface area contributed by atoms with Gasteiger partial charge in [-0.25, -0.2) is 4.98 Å². The Labute approximate surface area is 226 Å². The molecule has 1 unspecified atom stereocenters. The number of pyridine rings is 2. The first-order valence-corrected chi connectivity index (χ1v) is 12.2. The van der Waals surface area contributed by atoms with E-state index in [1.807, 2.05) is 0 Å². The summed E-state index contributed by atoms with van der Waals surface area (Å²) in [4.78, 5) is 21.5. The number of rotatable bonds is 9. The number of carbonyl (C=O) groups excluding carboxylic acids is 1. The van der Waals surface area contributed by atoms with Crippen molar-refractivity contribution in [1.82, 2.24) is 25.1 Å². The van der Waals surface area contributed by atoms with Crippen molar-refractivity contribution in [3.63, 3.8) is 0 Å². The number of nitrogens with zero attached hydrogens (tertiary/aromatic N) is 4. The van der Waals surface area contributed by atoms with Crippen LogP contribution in [0.3, 0.4) is 0 Å². The first-order chi connectivity index (χ1) is 19.2. The number of benzene rings is 1. The van der Waals surface area contributed by atoms with E-state index in [4.69, 9.17) is 18.9 Å². The lowest BCUT2D eigenvalue weighted by Crippen LogP contribution is -2.21. The minimum atomic E-state index is -4.57. The molecule has 1 atom stereocenters. The molecule has 40 heavy (non-hydrogen) atoms. The molecule has 1 fully saturated rings. The van der Waals surface area contributed by atoms with Gasteiger partial charge in [-0.1, -0.05) is 0 Å². The second-order valence-electron chi connectivity index (χ2n) is 8.85. The van der Waals surface area contributed by atoms with Crippen molar-refractivity contribution in [2.24, 2.45) is 0 Å². The van der Waals surface area contributed by atoms with Crippen molar-refractivity contribution < 1.29 is 36.9 Å². The van der Waals surface area contributed by atoms with E-state index in [2.05, 4.69) is 25.7 Å². The van der Waals surface area contributed by atoms with Crippen LogP contribution in [-0.2, 0) is 0 Å². The fraction of sp³-hybridized carbons (Fsp3) is 0.308. The number of fused-ring (bicyclic) bond motifs is 1. The molecule has 4 aromatic rings. The van der Waals surface area contributed by atoms with E-state index in [1.165, 1.54) is 37.4 Å². The summed E-state index contributed by atoms with van der Waals surface area (Å²) >= 11 is 0. The van der Waals surface area contributed by atoms with Gasteiger partial charge in [-0.2, -0.15) is 18.3 Å². The quantitative estimate of drug-likeness (QED) is 0.309. The molecule has 1 aromatic carbocycles. The lowest BCUT2D eigenvalue weighted by atomic mass is 10.2. The standard InChI is InChI=1S/C26H25F3N6O5/c1-37-20-9-17-18(10-21(20)38-2)31-8-6-19(17)40-23-4-3-15(11-32-23)33-25(36)24-22(39-14-26(27,28)29)13-35(34-24)16-5-7-30-12-16/h3-4,6,8-11,13,16,30H,5,7,12,14H2,1-2H3,(H,33,36). The lowest BCUT2D eigenvalue weighted by molar-refractivity contribution is -0.153. The average Bonchev–Trinajstić information content (AvgIpc) is 3.62. The predicted octanol–water partition coefficient (Wildman–Crippen LogP) is 4.36. The summed E-state index contributed by atoms with van der Waals surface area (Å²) in [5.41, 5.74) is 0.640. The van der Waals surface area contributed by atoms with Crippen molar-refractivity contribution >= 4 is 22.5 Å².